The number of aliphatic hydroxyl groups is 1. The van der Waals surface area contributed by atoms with E-state index in [2.05, 4.69) is 5.32 Å². The van der Waals surface area contributed by atoms with Crippen LogP contribution in [0.4, 0.5) is 0 Å². The van der Waals surface area contributed by atoms with Gasteiger partial charge in [-0.25, -0.2) is 0 Å². The Morgan fingerprint density at radius 3 is 2.61 bits per heavy atom. The lowest BCUT2D eigenvalue weighted by Gasteiger charge is -2.11. The summed E-state index contributed by atoms with van der Waals surface area (Å²) in [6.07, 6.45) is 0.368. The fourth-order valence-electron chi connectivity index (χ4n) is 1.59. The van der Waals surface area contributed by atoms with Gasteiger partial charge in [-0.2, -0.15) is 0 Å². The van der Waals surface area contributed by atoms with Crippen LogP contribution >= 0.6 is 11.6 Å². The lowest BCUT2D eigenvalue weighted by atomic mass is 10.1. The fourth-order valence-corrected chi connectivity index (χ4v) is 1.70. The van der Waals surface area contributed by atoms with E-state index < -0.39 is 6.10 Å². The molecule has 1 aromatic carbocycles. The Labute approximate surface area is 113 Å². The second kappa shape index (κ2) is 8.19. The maximum absolute atomic E-state index is 9.27. The van der Waals surface area contributed by atoms with Crippen molar-refractivity contribution in [2.24, 2.45) is 0 Å². The summed E-state index contributed by atoms with van der Waals surface area (Å²) in [4.78, 5) is 0. The average molecular weight is 274 g/mol. The molecule has 0 aliphatic rings. The molecule has 0 aliphatic heterocycles. The van der Waals surface area contributed by atoms with Crippen molar-refractivity contribution >= 4 is 11.6 Å². The first-order chi connectivity index (χ1) is 8.71. The van der Waals surface area contributed by atoms with Crippen molar-refractivity contribution in [2.75, 3.05) is 33.2 Å². The monoisotopic (exact) mass is 273 g/mol. The maximum atomic E-state index is 9.27. The Morgan fingerprint density at radius 2 is 2.00 bits per heavy atom. The third kappa shape index (κ3) is 4.72. The maximum Gasteiger partial charge on any atom is 0.160 e. The first-order valence-electron chi connectivity index (χ1n) is 5.87. The molecule has 18 heavy (non-hydrogen) atoms. The molecule has 0 heterocycles. The lowest BCUT2D eigenvalue weighted by Crippen LogP contribution is -2.29. The molecule has 1 rings (SSSR count). The number of rotatable bonds is 8. The molecule has 0 fully saturated rings. The van der Waals surface area contributed by atoms with Crippen LogP contribution in [0.5, 0.6) is 11.5 Å². The minimum Gasteiger partial charge on any atom is -0.493 e. The van der Waals surface area contributed by atoms with Gasteiger partial charge in [0, 0.05) is 12.4 Å². The first-order valence-corrected chi connectivity index (χ1v) is 6.40. The minimum absolute atomic E-state index is 0.253. The van der Waals surface area contributed by atoms with Gasteiger partial charge in [0.05, 0.1) is 20.3 Å². The van der Waals surface area contributed by atoms with Crippen molar-refractivity contribution in [3.8, 4) is 11.5 Å². The molecule has 1 atom stereocenters. The van der Waals surface area contributed by atoms with E-state index in [4.69, 9.17) is 21.1 Å². The molecule has 2 N–H and O–H groups in total. The van der Waals surface area contributed by atoms with Gasteiger partial charge in [-0.1, -0.05) is 6.07 Å². The van der Waals surface area contributed by atoms with E-state index in [-0.39, 0.29) is 5.88 Å². The second-order valence-corrected chi connectivity index (χ2v) is 4.26. The summed E-state index contributed by atoms with van der Waals surface area (Å²) in [6, 6.07) is 5.85. The topological polar surface area (TPSA) is 50.7 Å². The molecule has 0 aromatic heterocycles. The van der Waals surface area contributed by atoms with Crippen LogP contribution in [0.25, 0.3) is 0 Å². The van der Waals surface area contributed by atoms with Crippen LogP contribution in [-0.4, -0.2) is 44.4 Å². The van der Waals surface area contributed by atoms with E-state index in [9.17, 15) is 5.11 Å². The van der Waals surface area contributed by atoms with Gasteiger partial charge in [-0.3, -0.25) is 0 Å². The number of aliphatic hydroxyl groups excluding tert-OH is 1. The van der Waals surface area contributed by atoms with E-state index in [1.54, 1.807) is 14.2 Å². The third-order valence-electron chi connectivity index (χ3n) is 2.60. The van der Waals surface area contributed by atoms with E-state index in [0.29, 0.717) is 6.54 Å². The van der Waals surface area contributed by atoms with Crippen LogP contribution in [0.3, 0.4) is 0 Å². The summed E-state index contributed by atoms with van der Waals surface area (Å²) in [7, 11) is 3.24. The molecule has 5 heteroatoms. The van der Waals surface area contributed by atoms with Crippen LogP contribution in [0.1, 0.15) is 5.56 Å². The lowest BCUT2D eigenvalue weighted by molar-refractivity contribution is 0.195. The fraction of sp³-hybridized carbons (Fsp3) is 0.538. The Hall–Kier alpha value is -0.970. The number of methoxy groups -OCH3 is 2. The van der Waals surface area contributed by atoms with Gasteiger partial charge < -0.3 is 19.9 Å². The number of benzene rings is 1. The molecule has 0 aliphatic carbocycles. The van der Waals surface area contributed by atoms with Crippen molar-refractivity contribution in [2.45, 2.75) is 12.5 Å². The quantitative estimate of drug-likeness (QED) is 0.556. The van der Waals surface area contributed by atoms with E-state index >= 15 is 0 Å². The average Bonchev–Trinajstić information content (AvgIpc) is 2.42. The zero-order valence-corrected chi connectivity index (χ0v) is 11.5. The Balaban J connectivity index is 2.43. The zero-order valence-electron chi connectivity index (χ0n) is 10.8. The normalized spacial score (nSPS) is 12.2. The van der Waals surface area contributed by atoms with Gasteiger partial charge in [0.25, 0.3) is 0 Å². The minimum atomic E-state index is -0.489. The molecule has 0 spiro atoms. The van der Waals surface area contributed by atoms with Gasteiger partial charge in [0.15, 0.2) is 11.5 Å². The number of halogens is 1. The SMILES string of the molecule is COc1ccc(CCNCC(O)CCl)cc1OC. The third-order valence-corrected chi connectivity index (χ3v) is 2.95. The second-order valence-electron chi connectivity index (χ2n) is 3.95. The number of alkyl halides is 1. The largest absolute Gasteiger partial charge is 0.493 e. The number of hydrogen-bond acceptors (Lipinski definition) is 4. The van der Waals surface area contributed by atoms with Gasteiger partial charge in [0.2, 0.25) is 0 Å². The number of nitrogens with one attached hydrogen (secondary N) is 1. The number of ether oxygens (including phenoxy) is 2. The summed E-state index contributed by atoms with van der Waals surface area (Å²) in [5.74, 6) is 1.71. The van der Waals surface area contributed by atoms with Crippen LogP contribution < -0.4 is 14.8 Å². The van der Waals surface area contributed by atoms with E-state index in [1.807, 2.05) is 18.2 Å². The van der Waals surface area contributed by atoms with Crippen molar-refractivity contribution < 1.29 is 14.6 Å². The first kappa shape index (κ1) is 15.1. The molecular formula is C13H20ClNO3. The highest BCUT2D eigenvalue weighted by molar-refractivity contribution is 6.18. The summed E-state index contributed by atoms with van der Waals surface area (Å²) >= 11 is 5.50. The summed E-state index contributed by atoms with van der Waals surface area (Å²) in [5.41, 5.74) is 1.15. The molecule has 0 amide bonds. The molecule has 1 aromatic rings. The molecule has 0 saturated heterocycles. The van der Waals surface area contributed by atoms with Crippen LogP contribution in [0, 0.1) is 0 Å². The molecule has 102 valence electrons. The summed E-state index contributed by atoms with van der Waals surface area (Å²) in [6.45, 7) is 1.29. The Kier molecular flexibility index (Phi) is 6.86. The van der Waals surface area contributed by atoms with Gasteiger partial charge in [-0.05, 0) is 30.7 Å². The molecular weight excluding hydrogens is 254 g/mol. The number of hydrogen-bond donors (Lipinski definition) is 2. The predicted molar refractivity (Wildman–Crippen MR) is 72.8 cm³/mol. The standard InChI is InChI=1S/C13H20ClNO3/c1-17-12-4-3-10(7-13(12)18-2)5-6-15-9-11(16)8-14/h3-4,7,11,15-16H,5-6,8-9H2,1-2H3. The van der Waals surface area contributed by atoms with Crippen molar-refractivity contribution in [1.82, 2.24) is 5.32 Å². The summed E-state index contributed by atoms with van der Waals surface area (Å²) < 4.78 is 10.4. The highest BCUT2D eigenvalue weighted by Crippen LogP contribution is 2.27. The van der Waals surface area contributed by atoms with Gasteiger partial charge in [0.1, 0.15) is 0 Å². The Bertz CT molecular complexity index is 360. The van der Waals surface area contributed by atoms with Crippen LogP contribution in [0.2, 0.25) is 0 Å². The molecule has 0 radical (unpaired) electrons. The molecule has 1 unspecified atom stereocenters. The summed E-state index contributed by atoms with van der Waals surface area (Å²) in [5, 5.41) is 12.4. The van der Waals surface area contributed by atoms with Crippen molar-refractivity contribution in [3.05, 3.63) is 23.8 Å². The highest BCUT2D eigenvalue weighted by atomic mass is 35.5. The van der Waals surface area contributed by atoms with E-state index in [1.165, 1.54) is 0 Å². The van der Waals surface area contributed by atoms with Crippen molar-refractivity contribution in [3.63, 3.8) is 0 Å². The van der Waals surface area contributed by atoms with Crippen LogP contribution in [0.15, 0.2) is 18.2 Å². The smallest absolute Gasteiger partial charge is 0.160 e. The predicted octanol–water partition coefficient (Wildman–Crippen LogP) is 1.44. The van der Waals surface area contributed by atoms with Gasteiger partial charge in [-0.15, -0.1) is 11.6 Å². The van der Waals surface area contributed by atoms with Gasteiger partial charge >= 0.3 is 0 Å². The van der Waals surface area contributed by atoms with Crippen molar-refractivity contribution in [1.29, 1.82) is 0 Å². The molecule has 0 bridgehead atoms. The molecule has 4 nitrogen and oxygen atoms in total. The van der Waals surface area contributed by atoms with Crippen LogP contribution in [-0.2, 0) is 6.42 Å². The Morgan fingerprint density at radius 1 is 1.28 bits per heavy atom. The molecule has 0 saturated carbocycles. The zero-order chi connectivity index (χ0) is 13.4. The van der Waals surface area contributed by atoms with E-state index in [0.717, 1.165) is 30.0 Å². The highest BCUT2D eigenvalue weighted by Gasteiger charge is 2.05.